The molecule has 0 saturated carbocycles. The van der Waals surface area contributed by atoms with E-state index in [-0.39, 0.29) is 48.5 Å². The Morgan fingerprint density at radius 3 is 1.36 bits per heavy atom. The van der Waals surface area contributed by atoms with Gasteiger partial charge >= 0.3 is 0 Å². The molecule has 2 aliphatic heterocycles. The molecule has 0 aliphatic carbocycles. The average molecular weight is 743 g/mol. The standard InChI is InChI=1S/C42H42N6O7/c49-35(25-33-13-7-23-47(33)41(53)37(51)27-9-3-1-4-10-27)43-31-19-15-29(16-20-31)39-45-46-40(55-39)30-17-21-32(22-18-30)44-36(50)26-34-14-8-24-48(34)42(54)38(52)28-11-5-2-6-12-28/h1-6,9-12,15-22,33-34,37-38,51-52H,7-8,13-14,23-26H2,(H,43,49)(H,44,50)/t33-,34-,37+,38+/m0/s1. The highest BCUT2D eigenvalue weighted by molar-refractivity contribution is 5.93. The molecule has 4 atom stereocenters. The summed E-state index contributed by atoms with van der Waals surface area (Å²) in [5.74, 6) is -0.690. The van der Waals surface area contributed by atoms with Crippen molar-refractivity contribution >= 4 is 35.0 Å². The van der Waals surface area contributed by atoms with Gasteiger partial charge in [0.25, 0.3) is 11.8 Å². The molecule has 0 bridgehead atoms. The minimum absolute atomic E-state index is 0.116. The molecule has 4 amide bonds. The molecule has 2 aliphatic rings. The molecule has 55 heavy (non-hydrogen) atoms. The summed E-state index contributed by atoms with van der Waals surface area (Å²) in [4.78, 5) is 55.2. The van der Waals surface area contributed by atoms with Crippen molar-refractivity contribution in [2.45, 2.75) is 62.8 Å². The third-order valence-corrected chi connectivity index (χ3v) is 10.1. The second kappa shape index (κ2) is 16.9. The lowest BCUT2D eigenvalue weighted by Crippen LogP contribution is -2.40. The normalized spacial score (nSPS) is 17.8. The summed E-state index contributed by atoms with van der Waals surface area (Å²) >= 11 is 0. The van der Waals surface area contributed by atoms with Crippen molar-refractivity contribution in [2.24, 2.45) is 0 Å². The van der Waals surface area contributed by atoms with E-state index in [2.05, 4.69) is 20.8 Å². The number of anilines is 2. The lowest BCUT2D eigenvalue weighted by atomic mass is 10.1. The van der Waals surface area contributed by atoms with Crippen molar-refractivity contribution in [3.8, 4) is 22.9 Å². The van der Waals surface area contributed by atoms with E-state index in [1.54, 1.807) is 107 Å². The molecule has 2 saturated heterocycles. The van der Waals surface area contributed by atoms with E-state index < -0.39 is 24.0 Å². The van der Waals surface area contributed by atoms with Gasteiger partial charge in [0.1, 0.15) is 0 Å². The second-order valence-corrected chi connectivity index (χ2v) is 13.9. The summed E-state index contributed by atoms with van der Waals surface area (Å²) in [6, 6.07) is 30.9. The topological polar surface area (TPSA) is 178 Å². The lowest BCUT2D eigenvalue weighted by molar-refractivity contribution is -0.142. The molecule has 0 unspecified atom stereocenters. The van der Waals surface area contributed by atoms with Crippen LogP contribution in [0, 0.1) is 0 Å². The maximum Gasteiger partial charge on any atom is 0.256 e. The summed E-state index contributed by atoms with van der Waals surface area (Å²) in [5, 5.41) is 35.4. The largest absolute Gasteiger partial charge is 0.416 e. The Hall–Kier alpha value is -6.18. The van der Waals surface area contributed by atoms with Gasteiger partial charge < -0.3 is 35.1 Å². The van der Waals surface area contributed by atoms with E-state index in [9.17, 15) is 29.4 Å². The minimum Gasteiger partial charge on any atom is -0.416 e. The van der Waals surface area contributed by atoms with Crippen molar-refractivity contribution in [3.63, 3.8) is 0 Å². The number of nitrogens with zero attached hydrogens (tertiary/aromatic N) is 4. The van der Waals surface area contributed by atoms with Crippen LogP contribution in [0.5, 0.6) is 0 Å². The zero-order valence-corrected chi connectivity index (χ0v) is 30.1. The Morgan fingerprint density at radius 1 is 0.600 bits per heavy atom. The fourth-order valence-corrected chi connectivity index (χ4v) is 7.25. The van der Waals surface area contributed by atoms with Gasteiger partial charge in [0.2, 0.25) is 23.6 Å². The molecule has 1 aromatic heterocycles. The van der Waals surface area contributed by atoms with E-state index in [1.165, 1.54) is 0 Å². The zero-order chi connectivity index (χ0) is 38.3. The summed E-state index contributed by atoms with van der Waals surface area (Å²) < 4.78 is 5.93. The third-order valence-electron chi connectivity index (χ3n) is 10.1. The number of likely N-dealkylation sites (tertiary alicyclic amines) is 2. The molecule has 13 nitrogen and oxygen atoms in total. The van der Waals surface area contributed by atoms with Crippen LogP contribution < -0.4 is 10.6 Å². The number of carbonyl (C=O) groups excluding carboxylic acids is 4. The van der Waals surface area contributed by atoms with Gasteiger partial charge in [-0.25, -0.2) is 0 Å². The first-order valence-corrected chi connectivity index (χ1v) is 18.4. The van der Waals surface area contributed by atoms with Gasteiger partial charge in [0.15, 0.2) is 12.2 Å². The number of nitrogens with one attached hydrogen (secondary N) is 2. The van der Waals surface area contributed by atoms with E-state index in [1.807, 2.05) is 12.1 Å². The van der Waals surface area contributed by atoms with Gasteiger partial charge in [-0.05, 0) is 85.3 Å². The van der Waals surface area contributed by atoms with Gasteiger partial charge in [0.05, 0.1) is 0 Å². The highest BCUT2D eigenvalue weighted by atomic mass is 16.4. The predicted octanol–water partition coefficient (Wildman–Crippen LogP) is 5.51. The van der Waals surface area contributed by atoms with Crippen molar-refractivity contribution in [1.82, 2.24) is 20.0 Å². The number of hydrogen-bond acceptors (Lipinski definition) is 9. The van der Waals surface area contributed by atoms with E-state index in [4.69, 9.17) is 4.42 Å². The maximum absolute atomic E-state index is 13.0. The summed E-state index contributed by atoms with van der Waals surface area (Å²) in [7, 11) is 0. The molecule has 0 radical (unpaired) electrons. The molecule has 0 spiro atoms. The summed E-state index contributed by atoms with van der Waals surface area (Å²) in [6.07, 6.45) is 0.588. The number of carbonyl (C=O) groups is 4. The van der Waals surface area contributed by atoms with Crippen LogP contribution in [0.15, 0.2) is 114 Å². The van der Waals surface area contributed by atoms with Gasteiger partial charge in [-0.15, -0.1) is 10.2 Å². The first-order chi connectivity index (χ1) is 26.7. The van der Waals surface area contributed by atoms with Crippen LogP contribution in [0.25, 0.3) is 22.9 Å². The molecule has 5 aromatic rings. The molecule has 13 heteroatoms. The van der Waals surface area contributed by atoms with Crippen LogP contribution in [0.4, 0.5) is 11.4 Å². The number of benzene rings is 4. The van der Waals surface area contributed by atoms with Crippen molar-refractivity contribution in [1.29, 1.82) is 0 Å². The second-order valence-electron chi connectivity index (χ2n) is 13.9. The van der Waals surface area contributed by atoms with Gasteiger partial charge in [-0.1, -0.05) is 60.7 Å². The first kappa shape index (κ1) is 37.1. The molecular formula is C42H42N6O7. The zero-order valence-electron chi connectivity index (χ0n) is 30.1. The smallest absolute Gasteiger partial charge is 0.256 e. The van der Waals surface area contributed by atoms with Crippen molar-refractivity contribution < 1.29 is 33.8 Å². The molecule has 4 N–H and O–H groups in total. The SMILES string of the molecule is O=C(C[C@@H]1CCCN1C(=O)[C@H](O)c1ccccc1)Nc1ccc(-c2nnc(-c3ccc(NC(=O)C[C@@H]4CCCN4C(=O)[C@H](O)c4ccccc4)cc3)o2)cc1. The van der Waals surface area contributed by atoms with Crippen LogP contribution in [0.2, 0.25) is 0 Å². The number of hydrogen-bond donors (Lipinski definition) is 4. The number of rotatable bonds is 12. The maximum atomic E-state index is 13.0. The fourth-order valence-electron chi connectivity index (χ4n) is 7.25. The quantitative estimate of drug-likeness (QED) is 0.128. The summed E-state index contributed by atoms with van der Waals surface area (Å²) in [6.45, 7) is 0.990. The molecule has 2 fully saturated rings. The molecule has 3 heterocycles. The van der Waals surface area contributed by atoms with E-state index >= 15 is 0 Å². The van der Waals surface area contributed by atoms with Crippen LogP contribution in [-0.4, -0.2) is 79.0 Å². The van der Waals surface area contributed by atoms with Crippen LogP contribution in [-0.2, 0) is 19.2 Å². The number of aromatic nitrogens is 2. The molecular weight excluding hydrogens is 700 g/mol. The number of aliphatic hydroxyl groups excluding tert-OH is 2. The Bertz CT molecular complexity index is 1960. The van der Waals surface area contributed by atoms with E-state index in [0.717, 1.165) is 12.8 Å². The van der Waals surface area contributed by atoms with Crippen LogP contribution in [0.3, 0.4) is 0 Å². The minimum atomic E-state index is -1.27. The Morgan fingerprint density at radius 2 is 0.982 bits per heavy atom. The number of aliphatic hydroxyl groups is 2. The predicted molar refractivity (Wildman–Crippen MR) is 204 cm³/mol. The van der Waals surface area contributed by atoms with Crippen LogP contribution in [0.1, 0.15) is 61.9 Å². The third kappa shape index (κ3) is 8.80. The van der Waals surface area contributed by atoms with Gasteiger partial charge in [0, 0.05) is 60.5 Å². The van der Waals surface area contributed by atoms with Crippen molar-refractivity contribution in [3.05, 3.63) is 120 Å². The van der Waals surface area contributed by atoms with Gasteiger partial charge in [-0.3, -0.25) is 19.2 Å². The first-order valence-electron chi connectivity index (χ1n) is 18.4. The molecule has 7 rings (SSSR count). The molecule has 282 valence electrons. The highest BCUT2D eigenvalue weighted by Gasteiger charge is 2.35. The highest BCUT2D eigenvalue weighted by Crippen LogP contribution is 2.29. The number of amides is 4. The fraction of sp³-hybridized carbons (Fsp3) is 0.286. The Kier molecular flexibility index (Phi) is 11.4. The lowest BCUT2D eigenvalue weighted by Gasteiger charge is -2.26. The monoisotopic (exact) mass is 742 g/mol. The Balaban J connectivity index is 0.894. The van der Waals surface area contributed by atoms with Crippen LogP contribution >= 0.6 is 0 Å². The Labute approximate surface area is 318 Å². The molecule has 4 aromatic carbocycles. The van der Waals surface area contributed by atoms with E-state index in [0.29, 0.717) is 59.6 Å². The average Bonchev–Trinajstić information content (AvgIpc) is 4.00. The summed E-state index contributed by atoms with van der Waals surface area (Å²) in [5.41, 5.74) is 3.50. The van der Waals surface area contributed by atoms with Crippen molar-refractivity contribution in [2.75, 3.05) is 23.7 Å². The van der Waals surface area contributed by atoms with Gasteiger partial charge in [-0.2, -0.15) is 0 Å².